The van der Waals surface area contributed by atoms with Gasteiger partial charge in [-0.15, -0.1) is 0 Å². The first-order chi connectivity index (χ1) is 10.7. The summed E-state index contributed by atoms with van der Waals surface area (Å²) in [5.41, 5.74) is 3.81. The first-order valence-corrected chi connectivity index (χ1v) is 7.97. The highest BCUT2D eigenvalue weighted by Gasteiger charge is 2.19. The van der Waals surface area contributed by atoms with E-state index in [2.05, 4.69) is 22.8 Å². The van der Waals surface area contributed by atoms with Crippen LogP contribution in [0.5, 0.6) is 0 Å². The van der Waals surface area contributed by atoms with Crippen molar-refractivity contribution in [3.8, 4) is 0 Å². The Morgan fingerprint density at radius 1 is 1.18 bits per heavy atom. The molecule has 120 valence electrons. The summed E-state index contributed by atoms with van der Waals surface area (Å²) in [5, 5.41) is 13.8. The second-order valence-corrected chi connectivity index (χ2v) is 5.65. The highest BCUT2D eigenvalue weighted by Crippen LogP contribution is 2.25. The number of aryl methyl sites for hydroxylation is 2. The molecule has 1 aliphatic carbocycles. The van der Waals surface area contributed by atoms with Crippen LogP contribution in [-0.2, 0) is 22.4 Å². The van der Waals surface area contributed by atoms with Crippen molar-refractivity contribution >= 4 is 11.8 Å². The van der Waals surface area contributed by atoms with Crippen LogP contribution >= 0.6 is 0 Å². The summed E-state index contributed by atoms with van der Waals surface area (Å²) in [6.45, 7) is 1.89. The zero-order valence-electron chi connectivity index (χ0n) is 13.0. The van der Waals surface area contributed by atoms with Crippen molar-refractivity contribution in [2.45, 2.75) is 45.1 Å². The number of rotatable bonds is 5. The van der Waals surface area contributed by atoms with Gasteiger partial charge >= 0.3 is 11.8 Å². The van der Waals surface area contributed by atoms with E-state index in [-0.39, 0.29) is 19.2 Å². The third-order valence-corrected chi connectivity index (χ3v) is 4.09. The van der Waals surface area contributed by atoms with Crippen molar-refractivity contribution in [1.29, 1.82) is 0 Å². The molecule has 1 atom stereocenters. The smallest absolute Gasteiger partial charge is 0.309 e. The van der Waals surface area contributed by atoms with E-state index in [0.717, 1.165) is 24.8 Å². The van der Waals surface area contributed by atoms with Crippen LogP contribution in [0.2, 0.25) is 0 Å². The van der Waals surface area contributed by atoms with E-state index < -0.39 is 11.8 Å². The normalized spacial score (nSPS) is 14.8. The van der Waals surface area contributed by atoms with Crippen LogP contribution in [0, 0.1) is 0 Å². The van der Waals surface area contributed by atoms with Crippen molar-refractivity contribution in [3.63, 3.8) is 0 Å². The zero-order chi connectivity index (χ0) is 15.9. The molecule has 0 radical (unpaired) electrons. The van der Waals surface area contributed by atoms with Gasteiger partial charge in [-0.1, -0.05) is 25.1 Å². The van der Waals surface area contributed by atoms with Crippen LogP contribution in [0.3, 0.4) is 0 Å². The van der Waals surface area contributed by atoms with Crippen LogP contribution in [0.15, 0.2) is 18.2 Å². The van der Waals surface area contributed by atoms with Crippen LogP contribution in [0.25, 0.3) is 0 Å². The Labute approximate surface area is 131 Å². The van der Waals surface area contributed by atoms with E-state index in [1.807, 2.05) is 13.0 Å². The van der Waals surface area contributed by atoms with Gasteiger partial charge in [0.1, 0.15) is 0 Å². The maximum Gasteiger partial charge on any atom is 0.309 e. The number of nitrogens with one attached hydrogen (secondary N) is 2. The van der Waals surface area contributed by atoms with E-state index in [4.69, 9.17) is 5.11 Å². The third kappa shape index (κ3) is 4.07. The fourth-order valence-corrected chi connectivity index (χ4v) is 2.86. The number of benzene rings is 1. The van der Waals surface area contributed by atoms with Gasteiger partial charge in [0, 0.05) is 6.54 Å². The van der Waals surface area contributed by atoms with Crippen LogP contribution in [-0.4, -0.2) is 30.1 Å². The minimum atomic E-state index is -0.703. The lowest BCUT2D eigenvalue weighted by atomic mass is 9.89. The predicted octanol–water partition coefficient (Wildman–Crippen LogP) is 1.24. The van der Waals surface area contributed by atoms with Gasteiger partial charge in [-0.3, -0.25) is 9.59 Å². The van der Waals surface area contributed by atoms with Gasteiger partial charge in [0.25, 0.3) is 0 Å². The van der Waals surface area contributed by atoms with Crippen molar-refractivity contribution < 1.29 is 14.7 Å². The lowest BCUT2D eigenvalue weighted by molar-refractivity contribution is -0.139. The number of carbonyl (C=O) groups excluding carboxylic acids is 2. The van der Waals surface area contributed by atoms with Crippen molar-refractivity contribution in [3.05, 3.63) is 34.9 Å². The van der Waals surface area contributed by atoms with Crippen molar-refractivity contribution in [1.82, 2.24) is 10.6 Å². The van der Waals surface area contributed by atoms with Crippen LogP contribution in [0.1, 0.15) is 48.9 Å². The van der Waals surface area contributed by atoms with Crippen molar-refractivity contribution in [2.75, 3.05) is 13.2 Å². The van der Waals surface area contributed by atoms with Gasteiger partial charge in [-0.05, 0) is 48.8 Å². The third-order valence-electron chi connectivity index (χ3n) is 4.09. The molecule has 0 saturated heterocycles. The zero-order valence-corrected chi connectivity index (χ0v) is 13.0. The summed E-state index contributed by atoms with van der Waals surface area (Å²) < 4.78 is 0. The summed E-state index contributed by atoms with van der Waals surface area (Å²) in [5.74, 6) is -1.36. The highest BCUT2D eigenvalue weighted by molar-refractivity contribution is 6.35. The molecule has 2 amide bonds. The number of amides is 2. The summed E-state index contributed by atoms with van der Waals surface area (Å²) in [7, 11) is 0. The molecule has 1 unspecified atom stereocenters. The Kier molecular flexibility index (Phi) is 5.95. The van der Waals surface area contributed by atoms with E-state index in [1.165, 1.54) is 24.0 Å². The maximum atomic E-state index is 11.9. The van der Waals surface area contributed by atoms with Gasteiger partial charge in [0.05, 0.1) is 12.6 Å². The second kappa shape index (κ2) is 7.94. The molecule has 1 aromatic rings. The Bertz CT molecular complexity index is 543. The van der Waals surface area contributed by atoms with Crippen LogP contribution in [0.4, 0.5) is 0 Å². The molecule has 0 fully saturated rings. The van der Waals surface area contributed by atoms with E-state index in [0.29, 0.717) is 0 Å². The predicted molar refractivity (Wildman–Crippen MR) is 84.4 cm³/mol. The molecule has 0 heterocycles. The number of hydrogen-bond donors (Lipinski definition) is 3. The Balaban J connectivity index is 2.05. The number of hydrogen-bond acceptors (Lipinski definition) is 3. The second-order valence-electron chi connectivity index (χ2n) is 5.65. The Hall–Kier alpha value is -1.88. The molecule has 5 nitrogen and oxygen atoms in total. The van der Waals surface area contributed by atoms with Gasteiger partial charge < -0.3 is 15.7 Å². The highest BCUT2D eigenvalue weighted by atomic mass is 16.3. The number of aliphatic hydroxyl groups excluding tert-OH is 1. The average molecular weight is 304 g/mol. The van der Waals surface area contributed by atoms with Crippen LogP contribution < -0.4 is 10.6 Å². The fraction of sp³-hybridized carbons (Fsp3) is 0.529. The molecule has 1 aromatic carbocycles. The molecule has 1 aliphatic rings. The van der Waals surface area contributed by atoms with Crippen molar-refractivity contribution in [2.24, 2.45) is 0 Å². The lowest BCUT2D eigenvalue weighted by Gasteiger charge is -2.21. The number of aliphatic hydroxyl groups is 1. The van der Waals surface area contributed by atoms with E-state index in [9.17, 15) is 9.59 Å². The molecule has 0 aromatic heterocycles. The molecule has 0 spiro atoms. The van der Waals surface area contributed by atoms with E-state index in [1.54, 1.807) is 0 Å². The molecular weight excluding hydrogens is 280 g/mol. The molecule has 5 heteroatoms. The van der Waals surface area contributed by atoms with E-state index >= 15 is 0 Å². The molecule has 22 heavy (non-hydrogen) atoms. The van der Waals surface area contributed by atoms with Gasteiger partial charge in [0.2, 0.25) is 0 Å². The molecule has 3 N–H and O–H groups in total. The first kappa shape index (κ1) is 16.5. The Morgan fingerprint density at radius 2 is 1.91 bits per heavy atom. The molecule has 0 aliphatic heterocycles. The molecule has 0 saturated carbocycles. The lowest BCUT2D eigenvalue weighted by Crippen LogP contribution is -2.42. The van der Waals surface area contributed by atoms with Gasteiger partial charge in [-0.25, -0.2) is 0 Å². The average Bonchev–Trinajstić information content (AvgIpc) is 2.56. The number of carbonyl (C=O) groups is 2. The monoisotopic (exact) mass is 304 g/mol. The quantitative estimate of drug-likeness (QED) is 0.716. The standard InChI is InChI=1S/C17H24N2O3/c1-2-15(19-17(22)16(21)18-9-10-20)14-8-7-12-5-3-4-6-13(12)11-14/h7-8,11,15,20H,2-6,9-10H2,1H3,(H,18,21)(H,19,22). The molecular formula is C17H24N2O3. The molecule has 0 bridgehead atoms. The topological polar surface area (TPSA) is 78.4 Å². The SMILES string of the molecule is CCC(NC(=O)C(=O)NCCO)c1ccc2c(c1)CCCC2. The minimum Gasteiger partial charge on any atom is -0.395 e. The minimum absolute atomic E-state index is 0.0852. The number of fused-ring (bicyclic) bond motifs is 1. The largest absolute Gasteiger partial charge is 0.395 e. The first-order valence-electron chi connectivity index (χ1n) is 7.97. The summed E-state index contributed by atoms with van der Waals surface area (Å²) in [6.07, 6.45) is 5.39. The van der Waals surface area contributed by atoms with Gasteiger partial charge in [-0.2, -0.15) is 0 Å². The fourth-order valence-electron chi connectivity index (χ4n) is 2.86. The van der Waals surface area contributed by atoms with Gasteiger partial charge in [0.15, 0.2) is 0 Å². The molecule has 2 rings (SSSR count). The maximum absolute atomic E-state index is 11.9. The summed E-state index contributed by atoms with van der Waals surface area (Å²) in [4.78, 5) is 23.5. The summed E-state index contributed by atoms with van der Waals surface area (Å²) in [6, 6.07) is 6.18. The Morgan fingerprint density at radius 3 is 2.59 bits per heavy atom. The summed E-state index contributed by atoms with van der Waals surface area (Å²) >= 11 is 0.